The van der Waals surface area contributed by atoms with Crippen molar-refractivity contribution < 1.29 is 14.3 Å². The van der Waals surface area contributed by atoms with Crippen LogP contribution in [0, 0.1) is 0 Å². The molecule has 3 aromatic rings. The summed E-state index contributed by atoms with van der Waals surface area (Å²) >= 11 is 0. The number of nitrogens with zero attached hydrogens (tertiary/aromatic N) is 1. The molecule has 0 radical (unpaired) electrons. The second-order valence-electron chi connectivity index (χ2n) is 6.52. The Bertz CT molecular complexity index is 1120. The molecular weight excluding hydrogens is 360 g/mol. The summed E-state index contributed by atoms with van der Waals surface area (Å²) in [5.74, 6) is -0.531. The Morgan fingerprint density at radius 2 is 1.82 bits per heavy atom. The van der Waals surface area contributed by atoms with Gasteiger partial charge in [-0.2, -0.15) is 5.10 Å². The first kappa shape index (κ1) is 17.7. The van der Waals surface area contributed by atoms with Crippen molar-refractivity contribution >= 4 is 22.6 Å². The zero-order valence-corrected chi connectivity index (χ0v) is 15.0. The summed E-state index contributed by atoms with van der Waals surface area (Å²) in [4.78, 5) is 36.1. The number of carbonyl (C=O) groups is 2. The standard InChI is InChI=1S/C20H18N4O4/c25-17(11-28-14-9-8-12-4-3-5-13(12)10-14)21-24-20(27)18-15-6-1-2-7-16(15)19(26)23-22-18/h1-2,6-10H,3-5,11H2,(H,21,25)(H,23,26)(H,24,27). The molecule has 2 aromatic carbocycles. The van der Waals surface area contributed by atoms with Crippen molar-refractivity contribution in [3.63, 3.8) is 0 Å². The number of fused-ring (bicyclic) bond motifs is 2. The highest BCUT2D eigenvalue weighted by molar-refractivity contribution is 6.05. The topological polar surface area (TPSA) is 113 Å². The number of nitrogens with one attached hydrogen (secondary N) is 3. The van der Waals surface area contributed by atoms with Crippen LogP contribution in [0.2, 0.25) is 0 Å². The van der Waals surface area contributed by atoms with Crippen molar-refractivity contribution in [3.05, 3.63) is 69.6 Å². The zero-order chi connectivity index (χ0) is 19.5. The lowest BCUT2D eigenvalue weighted by atomic mass is 10.1. The van der Waals surface area contributed by atoms with Gasteiger partial charge >= 0.3 is 0 Å². The van der Waals surface area contributed by atoms with E-state index in [1.54, 1.807) is 24.3 Å². The summed E-state index contributed by atoms with van der Waals surface area (Å²) in [7, 11) is 0. The molecule has 0 unspecified atom stereocenters. The van der Waals surface area contributed by atoms with Crippen LogP contribution in [0.15, 0.2) is 47.3 Å². The van der Waals surface area contributed by atoms with Gasteiger partial charge in [-0.3, -0.25) is 25.2 Å². The largest absolute Gasteiger partial charge is 0.484 e. The molecule has 0 atom stereocenters. The molecule has 1 heterocycles. The van der Waals surface area contributed by atoms with Crippen molar-refractivity contribution in [1.29, 1.82) is 0 Å². The average Bonchev–Trinajstić information content (AvgIpc) is 3.19. The second-order valence-corrected chi connectivity index (χ2v) is 6.52. The second kappa shape index (κ2) is 7.51. The van der Waals surface area contributed by atoms with Crippen LogP contribution < -0.4 is 21.1 Å². The number of aromatic amines is 1. The van der Waals surface area contributed by atoms with E-state index in [0.29, 0.717) is 16.5 Å². The molecule has 0 spiro atoms. The highest BCUT2D eigenvalue weighted by Crippen LogP contribution is 2.25. The van der Waals surface area contributed by atoms with Crippen LogP contribution in [0.5, 0.6) is 5.75 Å². The average molecular weight is 378 g/mol. The Hall–Kier alpha value is -3.68. The van der Waals surface area contributed by atoms with Gasteiger partial charge < -0.3 is 4.74 Å². The Kier molecular flexibility index (Phi) is 4.76. The molecule has 142 valence electrons. The van der Waals surface area contributed by atoms with Crippen LogP contribution >= 0.6 is 0 Å². The van der Waals surface area contributed by atoms with E-state index in [4.69, 9.17) is 4.74 Å². The fraction of sp³-hybridized carbons (Fsp3) is 0.200. The predicted molar refractivity (Wildman–Crippen MR) is 102 cm³/mol. The number of ether oxygens (including phenoxy) is 1. The smallest absolute Gasteiger partial charge is 0.290 e. The molecule has 3 N–H and O–H groups in total. The third kappa shape index (κ3) is 3.57. The Morgan fingerprint density at radius 3 is 2.68 bits per heavy atom. The quantitative estimate of drug-likeness (QED) is 0.592. The molecule has 1 aliphatic carbocycles. The van der Waals surface area contributed by atoms with Gasteiger partial charge in [0.05, 0.1) is 5.39 Å². The van der Waals surface area contributed by atoms with Gasteiger partial charge in [-0.05, 0) is 48.6 Å². The predicted octanol–water partition coefficient (Wildman–Crippen LogP) is 1.25. The molecule has 0 fully saturated rings. The normalized spacial score (nSPS) is 12.4. The van der Waals surface area contributed by atoms with Gasteiger partial charge in [-0.1, -0.05) is 24.3 Å². The maximum Gasteiger partial charge on any atom is 0.290 e. The van der Waals surface area contributed by atoms with Crippen LogP contribution in [0.25, 0.3) is 10.8 Å². The number of hydrogen-bond acceptors (Lipinski definition) is 5. The Morgan fingerprint density at radius 1 is 1.04 bits per heavy atom. The summed E-state index contributed by atoms with van der Waals surface area (Å²) in [6, 6.07) is 12.4. The minimum atomic E-state index is -0.640. The summed E-state index contributed by atoms with van der Waals surface area (Å²) in [6.07, 6.45) is 3.24. The molecule has 4 rings (SSSR count). The van der Waals surface area contributed by atoms with Gasteiger partial charge in [-0.15, -0.1) is 0 Å². The zero-order valence-electron chi connectivity index (χ0n) is 15.0. The molecule has 28 heavy (non-hydrogen) atoms. The molecule has 2 amide bonds. The molecular formula is C20H18N4O4. The van der Waals surface area contributed by atoms with Gasteiger partial charge in [0.1, 0.15) is 5.75 Å². The number of hydrogen-bond donors (Lipinski definition) is 3. The van der Waals surface area contributed by atoms with E-state index in [1.165, 1.54) is 11.1 Å². The summed E-state index contributed by atoms with van der Waals surface area (Å²) in [5.41, 5.74) is 6.77. The van der Waals surface area contributed by atoms with Crippen LogP contribution in [0.4, 0.5) is 0 Å². The monoisotopic (exact) mass is 378 g/mol. The number of aryl methyl sites for hydroxylation is 2. The molecule has 8 nitrogen and oxygen atoms in total. The van der Waals surface area contributed by atoms with Crippen molar-refractivity contribution in [1.82, 2.24) is 21.0 Å². The summed E-state index contributed by atoms with van der Waals surface area (Å²) in [5, 5.41) is 6.79. The lowest BCUT2D eigenvalue weighted by Crippen LogP contribution is -2.44. The lowest BCUT2D eigenvalue weighted by molar-refractivity contribution is -0.123. The first-order chi connectivity index (χ1) is 13.6. The maximum absolute atomic E-state index is 12.3. The number of amides is 2. The molecule has 1 aromatic heterocycles. The first-order valence-electron chi connectivity index (χ1n) is 8.93. The van der Waals surface area contributed by atoms with E-state index >= 15 is 0 Å². The minimum absolute atomic E-state index is 0.00930. The SMILES string of the molecule is O=C(COc1ccc2c(c1)CCC2)NNC(=O)c1n[nH]c(=O)c2ccccc12. The van der Waals surface area contributed by atoms with Gasteiger partial charge in [0.2, 0.25) is 0 Å². The van der Waals surface area contributed by atoms with Crippen LogP contribution in [0.3, 0.4) is 0 Å². The molecule has 0 bridgehead atoms. The number of aromatic nitrogens is 2. The third-order valence-electron chi connectivity index (χ3n) is 4.67. The molecule has 0 saturated heterocycles. The van der Waals surface area contributed by atoms with E-state index in [1.807, 2.05) is 18.2 Å². The van der Waals surface area contributed by atoms with Crippen LogP contribution in [-0.4, -0.2) is 28.6 Å². The van der Waals surface area contributed by atoms with Crippen molar-refractivity contribution in [2.45, 2.75) is 19.3 Å². The van der Waals surface area contributed by atoms with Gasteiger partial charge in [0.25, 0.3) is 17.4 Å². The number of benzene rings is 2. The molecule has 8 heteroatoms. The number of rotatable bonds is 4. The minimum Gasteiger partial charge on any atom is -0.484 e. The van der Waals surface area contributed by atoms with Crippen molar-refractivity contribution in [3.8, 4) is 5.75 Å². The van der Waals surface area contributed by atoms with Crippen molar-refractivity contribution in [2.24, 2.45) is 0 Å². The van der Waals surface area contributed by atoms with Crippen molar-refractivity contribution in [2.75, 3.05) is 6.61 Å². The Labute approximate surface area is 159 Å². The molecule has 1 aliphatic rings. The highest BCUT2D eigenvalue weighted by atomic mass is 16.5. The van der Waals surface area contributed by atoms with Crippen LogP contribution in [-0.2, 0) is 17.6 Å². The summed E-state index contributed by atoms with van der Waals surface area (Å²) in [6.45, 7) is -0.237. The van der Waals surface area contributed by atoms with Gasteiger partial charge in [-0.25, -0.2) is 5.10 Å². The number of H-pyrrole nitrogens is 1. The fourth-order valence-electron chi connectivity index (χ4n) is 3.30. The summed E-state index contributed by atoms with van der Waals surface area (Å²) < 4.78 is 5.49. The first-order valence-corrected chi connectivity index (χ1v) is 8.93. The third-order valence-corrected chi connectivity index (χ3v) is 4.67. The van der Waals surface area contributed by atoms with Gasteiger partial charge in [0, 0.05) is 5.39 Å². The number of hydrazine groups is 1. The Balaban J connectivity index is 1.35. The van der Waals surface area contributed by atoms with E-state index in [-0.39, 0.29) is 17.9 Å². The maximum atomic E-state index is 12.3. The molecule has 0 aliphatic heterocycles. The lowest BCUT2D eigenvalue weighted by Gasteiger charge is -2.10. The van der Waals surface area contributed by atoms with E-state index in [2.05, 4.69) is 21.0 Å². The fourth-order valence-corrected chi connectivity index (χ4v) is 3.30. The van der Waals surface area contributed by atoms with E-state index in [0.717, 1.165) is 19.3 Å². The highest BCUT2D eigenvalue weighted by Gasteiger charge is 2.15. The van der Waals surface area contributed by atoms with Crippen LogP contribution in [0.1, 0.15) is 28.0 Å². The van der Waals surface area contributed by atoms with E-state index in [9.17, 15) is 14.4 Å². The van der Waals surface area contributed by atoms with Gasteiger partial charge in [0.15, 0.2) is 12.3 Å². The number of carbonyl (C=O) groups excluding carboxylic acids is 2. The molecule has 0 saturated carbocycles. The van der Waals surface area contributed by atoms with E-state index < -0.39 is 11.8 Å².